The van der Waals surface area contributed by atoms with Gasteiger partial charge in [-0.15, -0.1) is 0 Å². The number of imidazole rings is 1. The van der Waals surface area contributed by atoms with Gasteiger partial charge in [0, 0.05) is 5.56 Å². The highest BCUT2D eigenvalue weighted by Gasteiger charge is 2.15. The summed E-state index contributed by atoms with van der Waals surface area (Å²) in [6, 6.07) is 15.0. The van der Waals surface area contributed by atoms with E-state index in [4.69, 9.17) is 0 Å². The lowest BCUT2D eigenvalue weighted by Crippen LogP contribution is -2.06. The van der Waals surface area contributed by atoms with E-state index >= 15 is 0 Å². The minimum Gasteiger partial charge on any atom is -0.287 e. The standard InChI is InChI=1S/C14H9IN2O/c15-12-7-4-8-13-16-9-11(17(12)13)14(18)10-5-2-1-3-6-10/h1-9H. The van der Waals surface area contributed by atoms with E-state index in [2.05, 4.69) is 27.6 Å². The topological polar surface area (TPSA) is 34.4 Å². The van der Waals surface area contributed by atoms with Crippen LogP contribution in [0.1, 0.15) is 16.1 Å². The summed E-state index contributed by atoms with van der Waals surface area (Å²) in [7, 11) is 0. The molecule has 4 heteroatoms. The molecule has 0 saturated heterocycles. The van der Waals surface area contributed by atoms with Crippen molar-refractivity contribution >= 4 is 34.0 Å². The Balaban J connectivity index is 2.19. The number of rotatable bonds is 2. The maximum absolute atomic E-state index is 12.4. The molecular formula is C14H9IN2O. The third kappa shape index (κ3) is 1.82. The molecule has 0 unspecified atom stereocenters. The molecule has 2 aromatic heterocycles. The number of carbonyl (C=O) groups is 1. The first kappa shape index (κ1) is 11.4. The molecule has 0 N–H and O–H groups in total. The van der Waals surface area contributed by atoms with E-state index in [0.29, 0.717) is 11.3 Å². The Labute approximate surface area is 118 Å². The molecule has 0 aliphatic rings. The average Bonchev–Trinajstić information content (AvgIpc) is 2.84. The number of pyridine rings is 1. The highest BCUT2D eigenvalue weighted by molar-refractivity contribution is 14.1. The lowest BCUT2D eigenvalue weighted by Gasteiger charge is -2.03. The van der Waals surface area contributed by atoms with Crippen LogP contribution in [0.2, 0.25) is 0 Å². The van der Waals surface area contributed by atoms with Crippen LogP contribution < -0.4 is 0 Å². The van der Waals surface area contributed by atoms with Crippen LogP contribution in [0, 0.1) is 3.70 Å². The van der Waals surface area contributed by atoms with E-state index in [-0.39, 0.29) is 5.78 Å². The fourth-order valence-electron chi connectivity index (χ4n) is 1.89. The second-order valence-electron chi connectivity index (χ2n) is 3.88. The molecule has 0 amide bonds. The van der Waals surface area contributed by atoms with Gasteiger partial charge in [0.15, 0.2) is 0 Å². The number of hydrogen-bond donors (Lipinski definition) is 0. The Bertz CT molecular complexity index is 719. The lowest BCUT2D eigenvalue weighted by atomic mass is 10.1. The zero-order chi connectivity index (χ0) is 12.5. The predicted octanol–water partition coefficient (Wildman–Crippen LogP) is 3.17. The van der Waals surface area contributed by atoms with Crippen molar-refractivity contribution in [3.8, 4) is 0 Å². The minimum absolute atomic E-state index is 0.00721. The summed E-state index contributed by atoms with van der Waals surface area (Å²) in [6.07, 6.45) is 1.63. The van der Waals surface area contributed by atoms with Crippen molar-refractivity contribution in [2.45, 2.75) is 0 Å². The van der Waals surface area contributed by atoms with Gasteiger partial charge >= 0.3 is 0 Å². The summed E-state index contributed by atoms with van der Waals surface area (Å²) in [5.41, 5.74) is 2.07. The second kappa shape index (κ2) is 4.53. The molecule has 3 nitrogen and oxygen atoms in total. The molecule has 1 aromatic carbocycles. The van der Waals surface area contributed by atoms with Crippen LogP contribution in [0.4, 0.5) is 0 Å². The summed E-state index contributed by atoms with van der Waals surface area (Å²) < 4.78 is 2.84. The highest BCUT2D eigenvalue weighted by Crippen LogP contribution is 2.16. The Kier molecular flexibility index (Phi) is 2.87. The van der Waals surface area contributed by atoms with Crippen molar-refractivity contribution in [2.24, 2.45) is 0 Å². The van der Waals surface area contributed by atoms with E-state index in [1.165, 1.54) is 0 Å². The third-order valence-electron chi connectivity index (χ3n) is 2.75. The van der Waals surface area contributed by atoms with Crippen LogP contribution in [0.15, 0.2) is 54.7 Å². The summed E-state index contributed by atoms with van der Waals surface area (Å²) in [4.78, 5) is 16.7. The summed E-state index contributed by atoms with van der Waals surface area (Å²) in [6.45, 7) is 0. The molecular weight excluding hydrogens is 339 g/mol. The van der Waals surface area contributed by atoms with Crippen molar-refractivity contribution in [1.82, 2.24) is 9.38 Å². The van der Waals surface area contributed by atoms with Crippen LogP contribution in [-0.2, 0) is 0 Å². The van der Waals surface area contributed by atoms with Gasteiger partial charge in [-0.2, -0.15) is 0 Å². The van der Waals surface area contributed by atoms with E-state index in [1.54, 1.807) is 6.20 Å². The van der Waals surface area contributed by atoms with Gasteiger partial charge in [0.05, 0.1) is 9.90 Å². The zero-order valence-corrected chi connectivity index (χ0v) is 11.5. The Morgan fingerprint density at radius 2 is 1.83 bits per heavy atom. The lowest BCUT2D eigenvalue weighted by molar-refractivity contribution is 0.103. The van der Waals surface area contributed by atoms with Gasteiger partial charge in [-0.3, -0.25) is 9.20 Å². The molecule has 0 saturated carbocycles. The second-order valence-corrected chi connectivity index (χ2v) is 4.99. The molecule has 0 bridgehead atoms. The number of benzene rings is 1. The van der Waals surface area contributed by atoms with Crippen LogP contribution in [0.5, 0.6) is 0 Å². The normalized spacial score (nSPS) is 10.7. The molecule has 2 heterocycles. The Hall–Kier alpha value is -1.69. The van der Waals surface area contributed by atoms with Crippen LogP contribution in [-0.4, -0.2) is 15.2 Å². The number of ketones is 1. The highest BCUT2D eigenvalue weighted by atomic mass is 127. The van der Waals surface area contributed by atoms with Crippen LogP contribution in [0.25, 0.3) is 5.65 Å². The smallest absolute Gasteiger partial charge is 0.211 e. The molecule has 0 aliphatic heterocycles. The van der Waals surface area contributed by atoms with Gasteiger partial charge < -0.3 is 0 Å². The largest absolute Gasteiger partial charge is 0.287 e. The summed E-state index contributed by atoms with van der Waals surface area (Å²) >= 11 is 2.20. The van der Waals surface area contributed by atoms with E-state index < -0.39 is 0 Å². The minimum atomic E-state index is -0.00721. The number of carbonyl (C=O) groups excluding carboxylic acids is 1. The predicted molar refractivity (Wildman–Crippen MR) is 77.8 cm³/mol. The van der Waals surface area contributed by atoms with Gasteiger partial charge in [0.25, 0.3) is 0 Å². The first-order valence-corrected chi connectivity index (χ1v) is 6.57. The van der Waals surface area contributed by atoms with Gasteiger partial charge in [-0.05, 0) is 34.7 Å². The van der Waals surface area contributed by atoms with Gasteiger partial charge in [0.2, 0.25) is 5.78 Å². The molecule has 88 valence electrons. The quantitative estimate of drug-likeness (QED) is 0.405. The van der Waals surface area contributed by atoms with Crippen molar-refractivity contribution in [3.63, 3.8) is 0 Å². The molecule has 0 aliphatic carbocycles. The molecule has 3 rings (SSSR count). The maximum atomic E-state index is 12.4. The van der Waals surface area contributed by atoms with Gasteiger partial charge in [-0.25, -0.2) is 4.98 Å². The zero-order valence-electron chi connectivity index (χ0n) is 9.38. The molecule has 0 spiro atoms. The molecule has 3 aromatic rings. The monoisotopic (exact) mass is 348 g/mol. The SMILES string of the molecule is O=C(c1ccccc1)c1cnc2cccc(I)n12. The summed E-state index contributed by atoms with van der Waals surface area (Å²) in [5.74, 6) is -0.00721. The van der Waals surface area contributed by atoms with Gasteiger partial charge in [0.1, 0.15) is 11.3 Å². The van der Waals surface area contributed by atoms with Crippen LogP contribution in [0.3, 0.4) is 0 Å². The molecule has 0 atom stereocenters. The first-order valence-electron chi connectivity index (χ1n) is 5.49. The number of fused-ring (bicyclic) bond motifs is 1. The average molecular weight is 348 g/mol. The summed E-state index contributed by atoms with van der Waals surface area (Å²) in [5, 5.41) is 0. The maximum Gasteiger partial charge on any atom is 0.211 e. The fraction of sp³-hybridized carbons (Fsp3) is 0. The Morgan fingerprint density at radius 1 is 1.06 bits per heavy atom. The van der Waals surface area contributed by atoms with E-state index in [9.17, 15) is 4.79 Å². The first-order chi connectivity index (χ1) is 8.77. The molecule has 0 fully saturated rings. The van der Waals surface area contributed by atoms with Crippen molar-refractivity contribution in [1.29, 1.82) is 0 Å². The number of aromatic nitrogens is 2. The van der Waals surface area contributed by atoms with Crippen molar-refractivity contribution < 1.29 is 4.79 Å². The van der Waals surface area contributed by atoms with Crippen molar-refractivity contribution in [2.75, 3.05) is 0 Å². The van der Waals surface area contributed by atoms with E-state index in [1.807, 2.05) is 52.9 Å². The van der Waals surface area contributed by atoms with Crippen molar-refractivity contribution in [3.05, 3.63) is 69.7 Å². The number of nitrogens with zero attached hydrogens (tertiary/aromatic N) is 2. The van der Waals surface area contributed by atoms with Gasteiger partial charge in [-0.1, -0.05) is 36.4 Å². The third-order valence-corrected chi connectivity index (χ3v) is 3.59. The number of halogens is 1. The fourth-order valence-corrected chi connectivity index (χ4v) is 2.61. The van der Waals surface area contributed by atoms with Crippen LogP contribution >= 0.6 is 22.6 Å². The number of hydrogen-bond acceptors (Lipinski definition) is 2. The Morgan fingerprint density at radius 3 is 2.61 bits per heavy atom. The van der Waals surface area contributed by atoms with E-state index in [0.717, 1.165) is 9.35 Å². The molecule has 18 heavy (non-hydrogen) atoms. The molecule has 0 radical (unpaired) electrons.